The lowest BCUT2D eigenvalue weighted by atomic mass is 9.76. The van der Waals surface area contributed by atoms with Gasteiger partial charge in [0.25, 0.3) is 0 Å². The van der Waals surface area contributed by atoms with Gasteiger partial charge in [-0.25, -0.2) is 8.42 Å². The number of benzene rings is 1. The number of nitrogens with zero attached hydrogens (tertiary/aromatic N) is 1. The van der Waals surface area contributed by atoms with Crippen molar-refractivity contribution in [3.63, 3.8) is 0 Å². The van der Waals surface area contributed by atoms with Crippen molar-refractivity contribution in [2.24, 2.45) is 11.8 Å². The van der Waals surface area contributed by atoms with Crippen molar-refractivity contribution in [2.45, 2.75) is 37.0 Å². The number of rotatable bonds is 2. The van der Waals surface area contributed by atoms with E-state index < -0.39 is 10.0 Å². The molecule has 1 aliphatic heterocycles. The molecular formula is C15H19BrClNO2S. The van der Waals surface area contributed by atoms with Crippen molar-refractivity contribution in [1.29, 1.82) is 0 Å². The summed E-state index contributed by atoms with van der Waals surface area (Å²) in [5.41, 5.74) is 0. The van der Waals surface area contributed by atoms with E-state index in [9.17, 15) is 8.42 Å². The molecular weight excluding hydrogens is 374 g/mol. The topological polar surface area (TPSA) is 37.4 Å². The SMILES string of the molecule is O=S(=O)(c1ccc(Br)cc1Cl)N1CCC2CCCCC2C1. The van der Waals surface area contributed by atoms with Crippen LogP contribution in [0.3, 0.4) is 0 Å². The highest BCUT2D eigenvalue weighted by Crippen LogP contribution is 2.38. The first kappa shape index (κ1) is 15.8. The van der Waals surface area contributed by atoms with E-state index in [0.29, 0.717) is 24.9 Å². The van der Waals surface area contributed by atoms with Crippen LogP contribution in [0.2, 0.25) is 5.02 Å². The van der Waals surface area contributed by atoms with Gasteiger partial charge in [0.1, 0.15) is 4.90 Å². The fourth-order valence-corrected chi connectivity index (χ4v) is 6.13. The molecule has 0 radical (unpaired) electrons. The zero-order valence-corrected chi connectivity index (χ0v) is 14.9. The van der Waals surface area contributed by atoms with Gasteiger partial charge < -0.3 is 0 Å². The summed E-state index contributed by atoms with van der Waals surface area (Å²) in [6.07, 6.45) is 5.93. The normalized spacial score (nSPS) is 27.3. The first-order valence-corrected chi connectivity index (χ1v) is 10.0. The molecule has 0 amide bonds. The fourth-order valence-electron chi connectivity index (χ4n) is 3.61. The minimum atomic E-state index is -3.48. The molecule has 6 heteroatoms. The van der Waals surface area contributed by atoms with Crippen molar-refractivity contribution in [1.82, 2.24) is 4.31 Å². The first-order chi connectivity index (χ1) is 9.98. The first-order valence-electron chi connectivity index (χ1n) is 7.43. The summed E-state index contributed by atoms with van der Waals surface area (Å²) >= 11 is 9.45. The van der Waals surface area contributed by atoms with Crippen LogP contribution in [0.5, 0.6) is 0 Å². The van der Waals surface area contributed by atoms with E-state index in [1.165, 1.54) is 19.3 Å². The zero-order valence-electron chi connectivity index (χ0n) is 11.8. The molecule has 0 N–H and O–H groups in total. The van der Waals surface area contributed by atoms with E-state index >= 15 is 0 Å². The average Bonchev–Trinajstić information content (AvgIpc) is 2.46. The van der Waals surface area contributed by atoms with E-state index in [1.807, 2.05) is 0 Å². The van der Waals surface area contributed by atoms with Crippen LogP contribution >= 0.6 is 27.5 Å². The van der Waals surface area contributed by atoms with Crippen LogP contribution in [0.15, 0.2) is 27.6 Å². The quantitative estimate of drug-likeness (QED) is 0.752. The Morgan fingerprint density at radius 3 is 2.57 bits per heavy atom. The van der Waals surface area contributed by atoms with E-state index in [2.05, 4.69) is 15.9 Å². The third kappa shape index (κ3) is 3.16. The Morgan fingerprint density at radius 2 is 1.86 bits per heavy atom. The summed E-state index contributed by atoms with van der Waals surface area (Å²) in [5, 5.41) is 0.287. The van der Waals surface area contributed by atoms with Crippen LogP contribution in [-0.2, 0) is 10.0 Å². The summed E-state index contributed by atoms with van der Waals surface area (Å²) < 4.78 is 28.1. The number of halogens is 2. The van der Waals surface area contributed by atoms with Gasteiger partial charge in [0.2, 0.25) is 10.0 Å². The van der Waals surface area contributed by atoms with Gasteiger partial charge in [0, 0.05) is 17.6 Å². The number of sulfonamides is 1. The highest BCUT2D eigenvalue weighted by atomic mass is 79.9. The minimum Gasteiger partial charge on any atom is -0.207 e. The van der Waals surface area contributed by atoms with Gasteiger partial charge in [-0.05, 0) is 42.9 Å². The highest BCUT2D eigenvalue weighted by Gasteiger charge is 2.37. The largest absolute Gasteiger partial charge is 0.244 e. The summed E-state index contributed by atoms with van der Waals surface area (Å²) in [6.45, 7) is 1.27. The van der Waals surface area contributed by atoms with Crippen molar-refractivity contribution in [3.05, 3.63) is 27.7 Å². The molecule has 2 atom stereocenters. The average molecular weight is 393 g/mol. The van der Waals surface area contributed by atoms with Gasteiger partial charge in [0.05, 0.1) is 5.02 Å². The summed E-state index contributed by atoms with van der Waals surface area (Å²) in [4.78, 5) is 0.224. The van der Waals surface area contributed by atoms with E-state index in [4.69, 9.17) is 11.6 Å². The second-order valence-corrected chi connectivity index (χ2v) is 9.26. The monoisotopic (exact) mass is 391 g/mol. The van der Waals surface area contributed by atoms with E-state index in [1.54, 1.807) is 22.5 Å². The Hall–Kier alpha value is -0.100. The lowest BCUT2D eigenvalue weighted by Crippen LogP contribution is -2.44. The molecule has 1 aromatic carbocycles. The Balaban J connectivity index is 1.85. The van der Waals surface area contributed by atoms with Crippen molar-refractivity contribution >= 4 is 37.6 Å². The smallest absolute Gasteiger partial charge is 0.207 e. The van der Waals surface area contributed by atoms with Gasteiger partial charge >= 0.3 is 0 Å². The third-order valence-corrected chi connectivity index (χ3v) is 7.61. The van der Waals surface area contributed by atoms with E-state index in [-0.39, 0.29) is 9.92 Å². The number of hydrogen-bond donors (Lipinski definition) is 0. The molecule has 2 aliphatic rings. The summed E-state index contributed by atoms with van der Waals surface area (Å²) in [7, 11) is -3.48. The number of piperidine rings is 1. The summed E-state index contributed by atoms with van der Waals surface area (Å²) in [6, 6.07) is 4.96. The van der Waals surface area contributed by atoms with Crippen molar-refractivity contribution in [2.75, 3.05) is 13.1 Å². The lowest BCUT2D eigenvalue weighted by molar-refractivity contribution is 0.136. The van der Waals surface area contributed by atoms with Crippen LogP contribution in [0.1, 0.15) is 32.1 Å². The lowest BCUT2D eigenvalue weighted by Gasteiger charge is -2.40. The van der Waals surface area contributed by atoms with Gasteiger partial charge in [-0.1, -0.05) is 46.8 Å². The maximum atomic E-state index is 12.8. The third-order valence-electron chi connectivity index (χ3n) is 4.77. The molecule has 1 aliphatic carbocycles. The Morgan fingerprint density at radius 1 is 1.14 bits per heavy atom. The van der Waals surface area contributed by atoms with Gasteiger partial charge in [-0.3, -0.25) is 0 Å². The molecule has 1 heterocycles. The Labute approximate surface area is 139 Å². The minimum absolute atomic E-state index is 0.224. The van der Waals surface area contributed by atoms with Crippen LogP contribution in [-0.4, -0.2) is 25.8 Å². The molecule has 3 rings (SSSR count). The second-order valence-electron chi connectivity index (χ2n) is 6.03. The van der Waals surface area contributed by atoms with Crippen molar-refractivity contribution < 1.29 is 8.42 Å². The molecule has 2 unspecified atom stereocenters. The molecule has 0 spiro atoms. The van der Waals surface area contributed by atoms with Crippen LogP contribution in [0, 0.1) is 11.8 Å². The molecule has 116 valence electrons. The maximum Gasteiger partial charge on any atom is 0.244 e. The Kier molecular flexibility index (Phi) is 4.65. The zero-order chi connectivity index (χ0) is 15.0. The second kappa shape index (κ2) is 6.19. The number of hydrogen-bond acceptors (Lipinski definition) is 2. The molecule has 1 aromatic rings. The Bertz CT molecular complexity index is 635. The molecule has 21 heavy (non-hydrogen) atoms. The fraction of sp³-hybridized carbons (Fsp3) is 0.600. The van der Waals surface area contributed by atoms with Crippen LogP contribution < -0.4 is 0 Å². The van der Waals surface area contributed by atoms with Crippen molar-refractivity contribution in [3.8, 4) is 0 Å². The van der Waals surface area contributed by atoms with Crippen LogP contribution in [0.25, 0.3) is 0 Å². The number of fused-ring (bicyclic) bond motifs is 1. The van der Waals surface area contributed by atoms with Crippen LogP contribution in [0.4, 0.5) is 0 Å². The predicted octanol–water partition coefficient (Wildman–Crippen LogP) is 4.30. The van der Waals surface area contributed by atoms with E-state index in [0.717, 1.165) is 17.3 Å². The molecule has 3 nitrogen and oxygen atoms in total. The molecule has 1 saturated heterocycles. The van der Waals surface area contributed by atoms with Gasteiger partial charge in [0.15, 0.2) is 0 Å². The molecule has 0 aromatic heterocycles. The van der Waals surface area contributed by atoms with Gasteiger partial charge in [-0.15, -0.1) is 0 Å². The molecule has 2 fully saturated rings. The predicted molar refractivity (Wildman–Crippen MR) is 88.0 cm³/mol. The highest BCUT2D eigenvalue weighted by molar-refractivity contribution is 9.10. The summed E-state index contributed by atoms with van der Waals surface area (Å²) in [5.74, 6) is 1.24. The molecule has 1 saturated carbocycles. The standard InChI is InChI=1S/C15H19BrClNO2S/c16-13-5-6-15(14(17)9-13)21(19,20)18-8-7-11-3-1-2-4-12(11)10-18/h5-6,9,11-12H,1-4,7-8,10H2. The molecule has 0 bridgehead atoms. The van der Waals surface area contributed by atoms with Gasteiger partial charge in [-0.2, -0.15) is 4.31 Å². The maximum absolute atomic E-state index is 12.8.